The van der Waals surface area contributed by atoms with Crippen LogP contribution in [0.15, 0.2) is 59.6 Å². The Hall–Kier alpha value is -2.49. The molecule has 0 saturated heterocycles. The van der Waals surface area contributed by atoms with E-state index in [-0.39, 0.29) is 29.9 Å². The Labute approximate surface area is 195 Å². The van der Waals surface area contributed by atoms with E-state index in [1.807, 2.05) is 37.3 Å². The maximum atomic E-state index is 12.1. The Morgan fingerprint density at radius 1 is 0.933 bits per heavy atom. The van der Waals surface area contributed by atoms with E-state index in [9.17, 15) is 4.79 Å². The number of halogens is 1. The third-order valence-corrected chi connectivity index (χ3v) is 3.98. The first kappa shape index (κ1) is 25.5. The van der Waals surface area contributed by atoms with E-state index in [0.29, 0.717) is 31.8 Å². The zero-order valence-electron chi connectivity index (χ0n) is 17.5. The first-order chi connectivity index (χ1) is 14.2. The maximum Gasteiger partial charge on any atom is 0.251 e. The summed E-state index contributed by atoms with van der Waals surface area (Å²) in [7, 11) is 1.60. The SMILES string of the molecule is CCNC(=NCCCOc1ccccc1)NCCNC(=O)c1ccc(OC)cc1.I. The van der Waals surface area contributed by atoms with Gasteiger partial charge in [-0.2, -0.15) is 0 Å². The van der Waals surface area contributed by atoms with Gasteiger partial charge in [0.05, 0.1) is 13.7 Å². The smallest absolute Gasteiger partial charge is 0.251 e. The van der Waals surface area contributed by atoms with Crippen molar-refractivity contribution >= 4 is 35.8 Å². The molecule has 0 fully saturated rings. The molecule has 0 bridgehead atoms. The van der Waals surface area contributed by atoms with Gasteiger partial charge in [-0.3, -0.25) is 9.79 Å². The number of amides is 1. The second-order valence-electron chi connectivity index (χ2n) is 6.19. The lowest BCUT2D eigenvalue weighted by atomic mass is 10.2. The Bertz CT molecular complexity index is 755. The maximum absolute atomic E-state index is 12.1. The molecule has 2 aromatic rings. The van der Waals surface area contributed by atoms with Crippen LogP contribution in [0.2, 0.25) is 0 Å². The summed E-state index contributed by atoms with van der Waals surface area (Å²) in [5.41, 5.74) is 0.602. The van der Waals surface area contributed by atoms with Crippen LogP contribution in [0.3, 0.4) is 0 Å². The van der Waals surface area contributed by atoms with E-state index < -0.39 is 0 Å². The summed E-state index contributed by atoms with van der Waals surface area (Å²) in [6.45, 7) is 5.12. The van der Waals surface area contributed by atoms with E-state index >= 15 is 0 Å². The molecule has 0 heterocycles. The second kappa shape index (κ2) is 15.4. The van der Waals surface area contributed by atoms with Crippen LogP contribution in [0.1, 0.15) is 23.7 Å². The minimum Gasteiger partial charge on any atom is -0.497 e. The van der Waals surface area contributed by atoms with Gasteiger partial charge in [0.15, 0.2) is 5.96 Å². The second-order valence-corrected chi connectivity index (χ2v) is 6.19. The molecule has 3 N–H and O–H groups in total. The van der Waals surface area contributed by atoms with Crippen molar-refractivity contribution in [3.05, 3.63) is 60.2 Å². The molecule has 2 aromatic carbocycles. The Morgan fingerprint density at radius 3 is 2.30 bits per heavy atom. The van der Waals surface area contributed by atoms with Gasteiger partial charge < -0.3 is 25.4 Å². The molecule has 0 aromatic heterocycles. The van der Waals surface area contributed by atoms with E-state index in [1.54, 1.807) is 31.4 Å². The highest BCUT2D eigenvalue weighted by molar-refractivity contribution is 14.0. The van der Waals surface area contributed by atoms with E-state index in [0.717, 1.165) is 30.4 Å². The van der Waals surface area contributed by atoms with E-state index in [2.05, 4.69) is 20.9 Å². The molecule has 1 amide bonds. The fourth-order valence-electron chi connectivity index (χ4n) is 2.51. The zero-order valence-corrected chi connectivity index (χ0v) is 19.8. The standard InChI is InChI=1S/C22H30N4O3.HI/c1-3-23-22(25-14-7-17-29-20-8-5-4-6-9-20)26-16-15-24-21(27)18-10-12-19(28-2)13-11-18;/h4-6,8-13H,3,7,14-17H2,1-2H3,(H,24,27)(H2,23,25,26);1H. The summed E-state index contributed by atoms with van der Waals surface area (Å²) < 4.78 is 10.8. The van der Waals surface area contributed by atoms with Gasteiger partial charge >= 0.3 is 0 Å². The molecular weight excluding hydrogens is 495 g/mol. The van der Waals surface area contributed by atoms with Gasteiger partial charge in [0.1, 0.15) is 11.5 Å². The Morgan fingerprint density at radius 2 is 1.63 bits per heavy atom. The monoisotopic (exact) mass is 526 g/mol. The first-order valence-corrected chi connectivity index (χ1v) is 9.85. The summed E-state index contributed by atoms with van der Waals surface area (Å²) >= 11 is 0. The van der Waals surface area contributed by atoms with Crippen LogP contribution in [-0.4, -0.2) is 51.8 Å². The predicted octanol–water partition coefficient (Wildman–Crippen LogP) is 3.07. The number of nitrogens with zero attached hydrogens (tertiary/aromatic N) is 1. The molecule has 0 unspecified atom stereocenters. The highest BCUT2D eigenvalue weighted by Crippen LogP contribution is 2.11. The lowest BCUT2D eigenvalue weighted by molar-refractivity contribution is 0.0954. The lowest BCUT2D eigenvalue weighted by Crippen LogP contribution is -2.41. The normalized spacial score (nSPS) is 10.5. The van der Waals surface area contributed by atoms with Crippen molar-refractivity contribution in [3.63, 3.8) is 0 Å². The molecule has 0 spiro atoms. The van der Waals surface area contributed by atoms with Crippen LogP contribution in [0.5, 0.6) is 11.5 Å². The van der Waals surface area contributed by atoms with Crippen molar-refractivity contribution in [2.45, 2.75) is 13.3 Å². The van der Waals surface area contributed by atoms with Crippen molar-refractivity contribution in [1.29, 1.82) is 0 Å². The largest absolute Gasteiger partial charge is 0.497 e. The molecule has 0 atom stereocenters. The predicted molar refractivity (Wildman–Crippen MR) is 131 cm³/mol. The first-order valence-electron chi connectivity index (χ1n) is 9.85. The molecule has 0 aliphatic heterocycles. The Balaban J connectivity index is 0.00000450. The van der Waals surface area contributed by atoms with Crippen LogP contribution < -0.4 is 25.4 Å². The number of hydrogen-bond acceptors (Lipinski definition) is 4. The number of benzene rings is 2. The number of carbonyl (C=O) groups is 1. The van der Waals surface area contributed by atoms with Gasteiger partial charge in [0.25, 0.3) is 5.91 Å². The summed E-state index contributed by atoms with van der Waals surface area (Å²) in [6.07, 6.45) is 0.819. The quantitative estimate of drug-likeness (QED) is 0.182. The molecule has 0 radical (unpaired) electrons. The third-order valence-electron chi connectivity index (χ3n) is 3.98. The number of nitrogens with one attached hydrogen (secondary N) is 3. The zero-order chi connectivity index (χ0) is 20.7. The number of ether oxygens (including phenoxy) is 2. The van der Waals surface area contributed by atoms with Gasteiger partial charge in [-0.05, 0) is 43.3 Å². The summed E-state index contributed by atoms with van der Waals surface area (Å²) in [5, 5.41) is 9.30. The average Bonchev–Trinajstić information content (AvgIpc) is 2.77. The topological polar surface area (TPSA) is 84.0 Å². The number of carbonyl (C=O) groups excluding carboxylic acids is 1. The van der Waals surface area contributed by atoms with Crippen molar-refractivity contribution in [1.82, 2.24) is 16.0 Å². The van der Waals surface area contributed by atoms with Gasteiger partial charge in [-0.25, -0.2) is 0 Å². The molecular formula is C22H31IN4O3. The number of hydrogen-bond donors (Lipinski definition) is 3. The van der Waals surface area contributed by atoms with E-state index in [1.165, 1.54) is 0 Å². The fraction of sp³-hybridized carbons (Fsp3) is 0.364. The number of methoxy groups -OCH3 is 1. The molecule has 2 rings (SSSR count). The van der Waals surface area contributed by atoms with Crippen LogP contribution in [-0.2, 0) is 0 Å². The van der Waals surface area contributed by atoms with Gasteiger partial charge in [0.2, 0.25) is 0 Å². The van der Waals surface area contributed by atoms with Gasteiger partial charge in [-0.15, -0.1) is 24.0 Å². The molecule has 8 heteroatoms. The molecule has 0 saturated carbocycles. The number of para-hydroxylation sites is 1. The van der Waals surface area contributed by atoms with Crippen molar-refractivity contribution in [3.8, 4) is 11.5 Å². The lowest BCUT2D eigenvalue weighted by Gasteiger charge is -2.12. The highest BCUT2D eigenvalue weighted by atomic mass is 127. The van der Waals surface area contributed by atoms with Crippen molar-refractivity contribution in [2.75, 3.05) is 39.9 Å². The summed E-state index contributed by atoms with van der Waals surface area (Å²) in [4.78, 5) is 16.7. The molecule has 30 heavy (non-hydrogen) atoms. The summed E-state index contributed by atoms with van der Waals surface area (Å²) in [6, 6.07) is 16.8. The van der Waals surface area contributed by atoms with Crippen molar-refractivity contribution in [2.24, 2.45) is 4.99 Å². The van der Waals surface area contributed by atoms with E-state index in [4.69, 9.17) is 9.47 Å². The van der Waals surface area contributed by atoms with Crippen LogP contribution >= 0.6 is 24.0 Å². The van der Waals surface area contributed by atoms with Gasteiger partial charge in [-0.1, -0.05) is 18.2 Å². The van der Waals surface area contributed by atoms with Crippen LogP contribution in [0.4, 0.5) is 0 Å². The minimum atomic E-state index is -0.116. The highest BCUT2D eigenvalue weighted by Gasteiger charge is 2.05. The average molecular weight is 526 g/mol. The number of aliphatic imine (C=N–C) groups is 1. The van der Waals surface area contributed by atoms with Crippen LogP contribution in [0, 0.1) is 0 Å². The molecule has 0 aliphatic carbocycles. The summed E-state index contributed by atoms with van der Waals surface area (Å²) in [5.74, 6) is 2.21. The molecule has 164 valence electrons. The minimum absolute atomic E-state index is 0. The van der Waals surface area contributed by atoms with Gasteiger partial charge in [0, 0.05) is 38.2 Å². The van der Waals surface area contributed by atoms with Crippen molar-refractivity contribution < 1.29 is 14.3 Å². The fourth-order valence-corrected chi connectivity index (χ4v) is 2.51. The third kappa shape index (κ3) is 9.82. The Kier molecular flexibility index (Phi) is 13.1. The number of guanidine groups is 1. The molecule has 0 aliphatic rings. The van der Waals surface area contributed by atoms with Crippen LogP contribution in [0.25, 0.3) is 0 Å². The number of rotatable bonds is 11. The molecule has 7 nitrogen and oxygen atoms in total.